The molecule has 3 rings (SSSR count). The number of fused-ring (bicyclic) bond motifs is 4. The monoisotopic (exact) mass is 502 g/mol. The maximum atomic E-state index is 13.3. The predicted molar refractivity (Wildman–Crippen MR) is 127 cm³/mol. The van der Waals surface area contributed by atoms with E-state index in [4.69, 9.17) is 4.74 Å². The Morgan fingerprint density at radius 1 is 1.06 bits per heavy atom. The molecule has 9 nitrogen and oxygen atoms in total. The fraction of sp³-hybridized carbons (Fsp3) is 0.360. The molecular formula is C25H28F2N4O5. The number of carbonyl (C=O) groups excluding carboxylic acids is 4. The van der Waals surface area contributed by atoms with Crippen LogP contribution in [0.3, 0.4) is 0 Å². The van der Waals surface area contributed by atoms with Gasteiger partial charge in [0, 0.05) is 26.7 Å². The van der Waals surface area contributed by atoms with Gasteiger partial charge in [-0.15, -0.1) is 0 Å². The van der Waals surface area contributed by atoms with Crippen LogP contribution in [0, 0.1) is 0 Å². The summed E-state index contributed by atoms with van der Waals surface area (Å²) in [6, 6.07) is 11.7. The third-order valence-electron chi connectivity index (χ3n) is 5.25. The van der Waals surface area contributed by atoms with Crippen LogP contribution < -0.4 is 26.0 Å². The fourth-order valence-corrected chi connectivity index (χ4v) is 3.64. The van der Waals surface area contributed by atoms with E-state index in [0.29, 0.717) is 24.0 Å². The molecule has 192 valence electrons. The van der Waals surface area contributed by atoms with E-state index in [2.05, 4.69) is 21.3 Å². The molecule has 1 aliphatic rings. The molecule has 4 amide bonds. The van der Waals surface area contributed by atoms with Gasteiger partial charge in [-0.2, -0.15) is 0 Å². The minimum absolute atomic E-state index is 0.00738. The summed E-state index contributed by atoms with van der Waals surface area (Å²) in [7, 11) is 0. The molecule has 0 saturated carbocycles. The number of hydrogen-bond donors (Lipinski definition) is 4. The summed E-state index contributed by atoms with van der Waals surface area (Å²) in [5.74, 6) is -4.71. The highest BCUT2D eigenvalue weighted by Gasteiger charge is 2.27. The maximum absolute atomic E-state index is 13.3. The van der Waals surface area contributed by atoms with Crippen LogP contribution in [0.4, 0.5) is 8.78 Å². The third kappa shape index (κ3) is 8.33. The largest absolute Gasteiger partial charge is 0.457 e. The van der Waals surface area contributed by atoms with Gasteiger partial charge in [-0.3, -0.25) is 19.2 Å². The number of carbonyl (C=O) groups is 4. The normalized spacial score (nSPS) is 18.8. The summed E-state index contributed by atoms with van der Waals surface area (Å²) in [6.45, 7) is 0.564. The average Bonchev–Trinajstić information content (AvgIpc) is 2.79. The molecule has 4 N–H and O–H groups in total. The predicted octanol–water partition coefficient (Wildman–Crippen LogP) is 1.45. The van der Waals surface area contributed by atoms with Crippen molar-refractivity contribution in [2.45, 2.75) is 44.7 Å². The Labute approximate surface area is 207 Å². The van der Waals surface area contributed by atoms with Crippen LogP contribution in [0.15, 0.2) is 48.5 Å². The summed E-state index contributed by atoms with van der Waals surface area (Å²) in [5, 5.41) is 9.64. The Bertz CT molecular complexity index is 1140. The minimum atomic E-state index is -3.13. The number of hydrogen-bond acceptors (Lipinski definition) is 5. The van der Waals surface area contributed by atoms with Gasteiger partial charge in [0.05, 0.1) is 13.1 Å². The second-order valence-electron chi connectivity index (χ2n) is 8.68. The zero-order valence-corrected chi connectivity index (χ0v) is 19.9. The van der Waals surface area contributed by atoms with Gasteiger partial charge >= 0.3 is 0 Å². The second kappa shape index (κ2) is 11.6. The van der Waals surface area contributed by atoms with Gasteiger partial charge in [-0.1, -0.05) is 24.3 Å². The molecule has 0 aromatic heterocycles. The first-order valence-electron chi connectivity index (χ1n) is 11.3. The lowest BCUT2D eigenvalue weighted by molar-refractivity contribution is -0.131. The van der Waals surface area contributed by atoms with Gasteiger partial charge in [0.25, 0.3) is 5.92 Å². The molecule has 2 aromatic carbocycles. The lowest BCUT2D eigenvalue weighted by Crippen LogP contribution is -2.53. The Hall–Kier alpha value is -4.02. The van der Waals surface area contributed by atoms with Gasteiger partial charge in [0.1, 0.15) is 23.6 Å². The van der Waals surface area contributed by atoms with Crippen molar-refractivity contribution in [3.63, 3.8) is 0 Å². The first-order valence-corrected chi connectivity index (χ1v) is 11.3. The number of nitrogens with one attached hydrogen (secondary N) is 4. The fourth-order valence-electron chi connectivity index (χ4n) is 3.64. The number of rotatable bonds is 4. The van der Waals surface area contributed by atoms with E-state index in [0.717, 1.165) is 5.56 Å². The molecule has 1 heterocycles. The number of halogens is 2. The number of benzene rings is 2. The van der Waals surface area contributed by atoms with Crippen molar-refractivity contribution in [3.8, 4) is 11.5 Å². The number of alkyl halides is 2. The highest BCUT2D eigenvalue weighted by atomic mass is 19.3. The van der Waals surface area contributed by atoms with Crippen molar-refractivity contribution < 1.29 is 32.7 Å². The summed E-state index contributed by atoms with van der Waals surface area (Å²) in [5.41, 5.74) is 1.34. The minimum Gasteiger partial charge on any atom is -0.457 e. The van der Waals surface area contributed by atoms with Crippen molar-refractivity contribution in [2.24, 2.45) is 0 Å². The Balaban J connectivity index is 1.92. The van der Waals surface area contributed by atoms with Gasteiger partial charge in [-0.05, 0) is 35.4 Å². The molecule has 2 aromatic rings. The van der Waals surface area contributed by atoms with Crippen molar-refractivity contribution in [1.29, 1.82) is 0 Å². The summed E-state index contributed by atoms with van der Waals surface area (Å²) < 4.78 is 32.5. The first kappa shape index (κ1) is 26.6. The lowest BCUT2D eigenvalue weighted by Gasteiger charge is -2.22. The van der Waals surface area contributed by atoms with Crippen LogP contribution in [0.2, 0.25) is 0 Å². The van der Waals surface area contributed by atoms with Crippen molar-refractivity contribution in [3.05, 3.63) is 59.7 Å². The van der Waals surface area contributed by atoms with Gasteiger partial charge in [0.15, 0.2) is 0 Å². The molecule has 36 heavy (non-hydrogen) atoms. The first-order chi connectivity index (χ1) is 17.0. The molecule has 0 spiro atoms. The van der Waals surface area contributed by atoms with E-state index < -0.39 is 54.7 Å². The molecule has 0 radical (unpaired) electrons. The van der Waals surface area contributed by atoms with Crippen molar-refractivity contribution >= 4 is 23.6 Å². The van der Waals surface area contributed by atoms with Crippen LogP contribution in [0.5, 0.6) is 11.5 Å². The van der Waals surface area contributed by atoms with E-state index in [9.17, 15) is 28.0 Å². The smallest absolute Gasteiger partial charge is 0.262 e. The molecule has 11 heteroatoms. The third-order valence-corrected chi connectivity index (χ3v) is 5.25. The molecule has 0 aliphatic carbocycles. The molecule has 1 aliphatic heterocycles. The standard InChI is InChI=1S/C25H28F2N4O5/c1-15(32)30-20-11-16-5-3-7-18(9-16)36-19-8-4-6-17(10-19)12-21(24(35)29-14-25(2,26)27)31-22(33)13-28-23(20)34/h3-10,20-21H,11-14H2,1-2H3,(H,28,34)(H,29,35)(H,30,32)(H,31,33)/t20-,21-/m0/s1. The molecular weight excluding hydrogens is 474 g/mol. The molecule has 0 unspecified atom stereocenters. The van der Waals surface area contributed by atoms with Crippen LogP contribution in [-0.2, 0) is 32.0 Å². The average molecular weight is 503 g/mol. The van der Waals surface area contributed by atoms with Crippen molar-refractivity contribution in [2.75, 3.05) is 13.1 Å². The molecule has 2 atom stereocenters. The van der Waals surface area contributed by atoms with Gasteiger partial charge in [0.2, 0.25) is 23.6 Å². The second-order valence-corrected chi connectivity index (χ2v) is 8.68. The summed E-state index contributed by atoms with van der Waals surface area (Å²) in [4.78, 5) is 49.6. The Morgan fingerprint density at radius 3 is 2.25 bits per heavy atom. The van der Waals surface area contributed by atoms with E-state index in [1.54, 1.807) is 48.5 Å². The highest BCUT2D eigenvalue weighted by molar-refractivity contribution is 5.92. The zero-order chi connectivity index (χ0) is 26.3. The van der Waals surface area contributed by atoms with E-state index in [-0.39, 0.29) is 12.8 Å². The van der Waals surface area contributed by atoms with E-state index in [1.165, 1.54) is 6.92 Å². The highest BCUT2D eigenvalue weighted by Crippen LogP contribution is 2.24. The SMILES string of the molecule is CC(=O)N[C@H]1Cc2cccc(c2)Oc2cccc(c2)C[C@@H](C(=O)NCC(C)(F)F)NC(=O)CNC1=O. The Morgan fingerprint density at radius 2 is 1.67 bits per heavy atom. The van der Waals surface area contributed by atoms with E-state index >= 15 is 0 Å². The quantitative estimate of drug-likeness (QED) is 0.504. The lowest BCUT2D eigenvalue weighted by atomic mass is 10.0. The van der Waals surface area contributed by atoms with Crippen LogP contribution >= 0.6 is 0 Å². The van der Waals surface area contributed by atoms with Crippen LogP contribution in [-0.4, -0.2) is 54.7 Å². The molecule has 0 saturated heterocycles. The van der Waals surface area contributed by atoms with E-state index in [1.807, 2.05) is 0 Å². The topological polar surface area (TPSA) is 126 Å². The van der Waals surface area contributed by atoms with Gasteiger partial charge < -0.3 is 26.0 Å². The van der Waals surface area contributed by atoms with Crippen molar-refractivity contribution in [1.82, 2.24) is 21.3 Å². The molecule has 4 bridgehead atoms. The molecule has 0 fully saturated rings. The van der Waals surface area contributed by atoms with Gasteiger partial charge in [-0.25, -0.2) is 8.78 Å². The maximum Gasteiger partial charge on any atom is 0.262 e. The summed E-state index contributed by atoms with van der Waals surface area (Å²) in [6.07, 6.45) is 0.132. The van der Waals surface area contributed by atoms with Crippen LogP contribution in [0.1, 0.15) is 25.0 Å². The van der Waals surface area contributed by atoms with Crippen LogP contribution in [0.25, 0.3) is 0 Å². The summed E-state index contributed by atoms with van der Waals surface area (Å²) >= 11 is 0. The number of amides is 4. The number of ether oxygens (including phenoxy) is 1. The zero-order valence-electron chi connectivity index (χ0n) is 19.9. The Kier molecular flexibility index (Phi) is 8.57.